The molecule has 2 aromatic rings. The Hall–Kier alpha value is -3.42. The van der Waals surface area contributed by atoms with Gasteiger partial charge < -0.3 is 19.9 Å². The van der Waals surface area contributed by atoms with E-state index in [2.05, 4.69) is 10.3 Å². The van der Waals surface area contributed by atoms with Crippen molar-refractivity contribution in [1.82, 2.24) is 20.1 Å². The van der Waals surface area contributed by atoms with Gasteiger partial charge in [-0.3, -0.25) is 19.4 Å². The number of likely N-dealkylation sites (tertiary alicyclic amines) is 1. The van der Waals surface area contributed by atoms with Gasteiger partial charge >= 0.3 is 0 Å². The Labute approximate surface area is 206 Å². The molecule has 0 saturated carbocycles. The highest BCUT2D eigenvalue weighted by atomic mass is 16.5. The fourth-order valence-electron chi connectivity index (χ4n) is 5.10. The summed E-state index contributed by atoms with van der Waals surface area (Å²) >= 11 is 0. The van der Waals surface area contributed by atoms with Crippen molar-refractivity contribution in [3.05, 3.63) is 59.9 Å². The van der Waals surface area contributed by atoms with Crippen LogP contribution in [0.5, 0.6) is 5.75 Å². The summed E-state index contributed by atoms with van der Waals surface area (Å²) in [5.74, 6) is 0.325. The summed E-state index contributed by atoms with van der Waals surface area (Å²) in [5, 5.41) is 2.82. The highest BCUT2D eigenvalue weighted by Crippen LogP contribution is 2.30. The first-order chi connectivity index (χ1) is 17.1. The molecule has 1 N–H and O–H groups in total. The lowest BCUT2D eigenvalue weighted by atomic mass is 9.89. The third-order valence-corrected chi connectivity index (χ3v) is 6.95. The van der Waals surface area contributed by atoms with Crippen molar-refractivity contribution in [2.75, 3.05) is 26.7 Å². The molecule has 8 heteroatoms. The number of benzene rings is 1. The highest BCUT2D eigenvalue weighted by molar-refractivity contribution is 5.97. The third-order valence-electron chi connectivity index (χ3n) is 6.95. The second-order valence-electron chi connectivity index (χ2n) is 9.22. The lowest BCUT2D eigenvalue weighted by molar-refractivity contribution is -0.136. The molecule has 35 heavy (non-hydrogen) atoms. The van der Waals surface area contributed by atoms with Crippen LogP contribution in [0.3, 0.4) is 0 Å². The zero-order chi connectivity index (χ0) is 24.6. The molecular formula is C27H34N4O4. The van der Waals surface area contributed by atoms with Gasteiger partial charge in [0, 0.05) is 39.0 Å². The lowest BCUT2D eigenvalue weighted by Crippen LogP contribution is -2.57. The maximum Gasteiger partial charge on any atom is 0.257 e. The molecule has 0 aliphatic carbocycles. The molecular weight excluding hydrogens is 444 g/mol. The molecule has 0 unspecified atom stereocenters. The van der Waals surface area contributed by atoms with Crippen LogP contribution in [0.1, 0.15) is 65.7 Å². The Morgan fingerprint density at radius 3 is 2.71 bits per heavy atom. The maximum absolute atomic E-state index is 13.5. The van der Waals surface area contributed by atoms with Gasteiger partial charge in [-0.05, 0) is 56.4 Å². The third kappa shape index (κ3) is 5.99. The summed E-state index contributed by atoms with van der Waals surface area (Å²) in [7, 11) is 1.84. The molecule has 1 saturated heterocycles. The summed E-state index contributed by atoms with van der Waals surface area (Å²) in [6.45, 7) is 1.51. The molecule has 4 rings (SSSR count). The van der Waals surface area contributed by atoms with Crippen LogP contribution in [0.25, 0.3) is 0 Å². The number of para-hydroxylation sites is 1. The Morgan fingerprint density at radius 1 is 1.06 bits per heavy atom. The summed E-state index contributed by atoms with van der Waals surface area (Å²) in [6.07, 6.45) is 8.77. The summed E-state index contributed by atoms with van der Waals surface area (Å²) in [4.78, 5) is 46.7. The van der Waals surface area contributed by atoms with Crippen molar-refractivity contribution >= 4 is 17.7 Å². The monoisotopic (exact) mass is 478 g/mol. The number of rotatable bonds is 4. The van der Waals surface area contributed by atoms with E-state index in [1.54, 1.807) is 23.2 Å². The van der Waals surface area contributed by atoms with Crippen LogP contribution in [0, 0.1) is 0 Å². The van der Waals surface area contributed by atoms with Crippen LogP contribution >= 0.6 is 0 Å². The molecule has 1 aromatic heterocycles. The van der Waals surface area contributed by atoms with Crippen LogP contribution in [0.4, 0.5) is 0 Å². The number of carbonyl (C=O) groups is 3. The predicted octanol–water partition coefficient (Wildman–Crippen LogP) is 3.29. The van der Waals surface area contributed by atoms with Gasteiger partial charge in [-0.2, -0.15) is 0 Å². The molecule has 1 aromatic carbocycles. The molecule has 3 heterocycles. The number of pyridine rings is 1. The normalized spacial score (nSPS) is 21.0. The first-order valence-corrected chi connectivity index (χ1v) is 12.5. The van der Waals surface area contributed by atoms with Gasteiger partial charge in [-0.1, -0.05) is 18.6 Å². The summed E-state index contributed by atoms with van der Waals surface area (Å²) in [6, 6.07) is 10.7. The van der Waals surface area contributed by atoms with Gasteiger partial charge in [0.2, 0.25) is 5.91 Å². The van der Waals surface area contributed by atoms with Crippen molar-refractivity contribution in [3.8, 4) is 5.75 Å². The minimum atomic E-state index is -0.236. The molecule has 186 valence electrons. The predicted molar refractivity (Wildman–Crippen MR) is 132 cm³/mol. The van der Waals surface area contributed by atoms with Gasteiger partial charge in [-0.25, -0.2) is 0 Å². The van der Waals surface area contributed by atoms with Gasteiger partial charge in [0.15, 0.2) is 0 Å². The Morgan fingerprint density at radius 2 is 1.89 bits per heavy atom. The molecule has 2 atom stereocenters. The first-order valence-electron chi connectivity index (χ1n) is 12.5. The minimum Gasteiger partial charge on any atom is -0.493 e. The van der Waals surface area contributed by atoms with E-state index in [4.69, 9.17) is 4.74 Å². The van der Waals surface area contributed by atoms with E-state index in [9.17, 15) is 14.4 Å². The minimum absolute atomic E-state index is 0.0165. The van der Waals surface area contributed by atoms with Crippen LogP contribution in [0.2, 0.25) is 0 Å². The number of fused-ring (bicyclic) bond motifs is 2. The van der Waals surface area contributed by atoms with E-state index in [0.29, 0.717) is 30.0 Å². The van der Waals surface area contributed by atoms with Crippen molar-refractivity contribution in [1.29, 1.82) is 0 Å². The fourth-order valence-corrected chi connectivity index (χ4v) is 5.10. The number of likely N-dealkylation sites (N-methyl/N-ethyl adjacent to an activating group) is 1. The Bertz CT molecular complexity index is 1030. The largest absolute Gasteiger partial charge is 0.493 e. The highest BCUT2D eigenvalue weighted by Gasteiger charge is 2.38. The second-order valence-corrected chi connectivity index (χ2v) is 9.22. The molecule has 0 radical (unpaired) electrons. The van der Waals surface area contributed by atoms with E-state index in [0.717, 1.165) is 38.5 Å². The van der Waals surface area contributed by atoms with Crippen molar-refractivity contribution < 1.29 is 19.1 Å². The standard InChI is InChI=1S/C27H34N4O4/c1-30-22-12-8-17-31(25(32)14-16-29-26(33)20-9-7-15-28-19-20)23(22)11-3-2-6-18-35-24-13-5-4-10-21(24)27(30)34/h4-5,7,9-10,13,15,19,22-23H,2-3,6,8,11-12,14,16-18H2,1H3,(H,29,33)/t22-,23-/m0/s1. The summed E-state index contributed by atoms with van der Waals surface area (Å²) in [5.41, 5.74) is 1.04. The van der Waals surface area contributed by atoms with Gasteiger partial charge in [0.1, 0.15) is 5.75 Å². The Kier molecular flexibility index (Phi) is 8.34. The van der Waals surface area contributed by atoms with Gasteiger partial charge in [0.05, 0.1) is 29.8 Å². The molecule has 0 spiro atoms. The maximum atomic E-state index is 13.5. The molecule has 8 nitrogen and oxygen atoms in total. The van der Waals surface area contributed by atoms with Crippen LogP contribution < -0.4 is 10.1 Å². The number of ether oxygens (including phenoxy) is 1. The van der Waals surface area contributed by atoms with Crippen LogP contribution in [0.15, 0.2) is 48.8 Å². The first kappa shape index (κ1) is 24.7. The van der Waals surface area contributed by atoms with Crippen molar-refractivity contribution in [3.63, 3.8) is 0 Å². The quantitative estimate of drug-likeness (QED) is 0.728. The zero-order valence-electron chi connectivity index (χ0n) is 20.3. The van der Waals surface area contributed by atoms with Crippen LogP contribution in [-0.2, 0) is 4.79 Å². The Balaban J connectivity index is 1.45. The molecule has 2 aliphatic rings. The summed E-state index contributed by atoms with van der Waals surface area (Å²) < 4.78 is 5.92. The molecule has 1 fully saturated rings. The number of nitrogens with zero attached hydrogens (tertiary/aromatic N) is 3. The number of aromatic nitrogens is 1. The zero-order valence-corrected chi connectivity index (χ0v) is 20.3. The van der Waals surface area contributed by atoms with Crippen molar-refractivity contribution in [2.45, 2.75) is 57.0 Å². The van der Waals surface area contributed by atoms with Crippen molar-refractivity contribution in [2.24, 2.45) is 0 Å². The average Bonchev–Trinajstić information content (AvgIpc) is 2.89. The number of hydrogen-bond acceptors (Lipinski definition) is 5. The number of amides is 3. The topological polar surface area (TPSA) is 91.8 Å². The second kappa shape index (κ2) is 11.8. The number of carbonyl (C=O) groups excluding carboxylic acids is 3. The van der Waals surface area contributed by atoms with E-state index < -0.39 is 0 Å². The van der Waals surface area contributed by atoms with Gasteiger partial charge in [0.25, 0.3) is 11.8 Å². The fraction of sp³-hybridized carbons (Fsp3) is 0.481. The molecule has 3 amide bonds. The van der Waals surface area contributed by atoms with E-state index in [1.165, 1.54) is 6.20 Å². The van der Waals surface area contributed by atoms with Crippen LogP contribution in [-0.4, -0.2) is 71.3 Å². The van der Waals surface area contributed by atoms with E-state index >= 15 is 0 Å². The molecule has 2 aliphatic heterocycles. The van der Waals surface area contributed by atoms with E-state index in [-0.39, 0.29) is 42.8 Å². The lowest BCUT2D eigenvalue weighted by Gasteiger charge is -2.45. The van der Waals surface area contributed by atoms with E-state index in [1.807, 2.05) is 36.2 Å². The average molecular weight is 479 g/mol. The number of nitrogens with one attached hydrogen (secondary N) is 1. The SMILES string of the molecule is CN1C(=O)c2ccccc2OCCCCC[C@H]2[C@@H]1CCCN2C(=O)CCNC(=O)c1cccnc1. The van der Waals surface area contributed by atoms with Gasteiger partial charge in [-0.15, -0.1) is 0 Å². The molecule has 0 bridgehead atoms. The number of hydrogen-bond donors (Lipinski definition) is 1. The smallest absolute Gasteiger partial charge is 0.257 e. The number of piperidine rings is 1.